The molecule has 0 radical (unpaired) electrons. The summed E-state index contributed by atoms with van der Waals surface area (Å²) in [4.78, 5) is 18.8. The van der Waals surface area contributed by atoms with E-state index in [1.807, 2.05) is 17.9 Å². The third kappa shape index (κ3) is 7.17. The number of benzene rings is 1. The lowest BCUT2D eigenvalue weighted by Crippen LogP contribution is -2.53. The van der Waals surface area contributed by atoms with Crippen LogP contribution in [0.1, 0.15) is 31.9 Å². The Bertz CT molecular complexity index is 720. The number of nitrogens with zero attached hydrogens (tertiary/aromatic N) is 3. The maximum Gasteiger partial charge on any atom is 0.236 e. The Balaban J connectivity index is 1.38. The maximum absolute atomic E-state index is 12.5. The number of β-amino-alcohol motifs (C(OH)–C–C–N with tert-alkyl or cyclic N) is 1. The highest BCUT2D eigenvalue weighted by molar-refractivity contribution is 5.78. The minimum Gasteiger partial charge on any atom is -0.491 e. The molecule has 1 N–H and O–H groups in total. The topological polar surface area (TPSA) is 65.5 Å². The lowest BCUT2D eigenvalue weighted by molar-refractivity contribution is -0.135. The van der Waals surface area contributed by atoms with E-state index in [9.17, 15) is 9.90 Å². The number of carbonyl (C=O) groups is 1. The number of aliphatic hydroxyl groups excluding tert-OH is 1. The van der Waals surface area contributed by atoms with E-state index in [1.54, 1.807) is 0 Å². The van der Waals surface area contributed by atoms with Crippen molar-refractivity contribution in [2.24, 2.45) is 0 Å². The third-order valence-corrected chi connectivity index (χ3v) is 6.13. The second kappa shape index (κ2) is 10.8. The van der Waals surface area contributed by atoms with Gasteiger partial charge in [0.15, 0.2) is 0 Å². The molecular formula is C24H39N3O4. The molecule has 0 saturated carbocycles. The van der Waals surface area contributed by atoms with Gasteiger partial charge in [0.1, 0.15) is 18.5 Å². The maximum atomic E-state index is 12.5. The molecule has 174 valence electrons. The number of piperazine rings is 1. The van der Waals surface area contributed by atoms with Gasteiger partial charge < -0.3 is 19.5 Å². The van der Waals surface area contributed by atoms with Crippen LogP contribution in [0.4, 0.5) is 0 Å². The molecule has 2 aliphatic heterocycles. The number of morpholine rings is 1. The van der Waals surface area contributed by atoms with Crippen LogP contribution in [0.15, 0.2) is 18.2 Å². The van der Waals surface area contributed by atoms with Gasteiger partial charge in [0.05, 0.1) is 19.8 Å². The molecule has 0 aromatic heterocycles. The van der Waals surface area contributed by atoms with Crippen LogP contribution in [0.25, 0.3) is 0 Å². The normalized spacial score (nSPS) is 20.0. The summed E-state index contributed by atoms with van der Waals surface area (Å²) < 4.78 is 11.2. The van der Waals surface area contributed by atoms with Crippen molar-refractivity contribution >= 4 is 5.91 Å². The quantitative estimate of drug-likeness (QED) is 0.703. The van der Waals surface area contributed by atoms with E-state index in [4.69, 9.17) is 9.47 Å². The summed E-state index contributed by atoms with van der Waals surface area (Å²) in [5.41, 5.74) is 2.47. The van der Waals surface area contributed by atoms with Gasteiger partial charge in [0.2, 0.25) is 5.91 Å². The van der Waals surface area contributed by atoms with Gasteiger partial charge in [-0.3, -0.25) is 14.6 Å². The van der Waals surface area contributed by atoms with E-state index in [-0.39, 0.29) is 17.9 Å². The highest BCUT2D eigenvalue weighted by Crippen LogP contribution is 2.27. The highest BCUT2D eigenvalue weighted by Gasteiger charge is 2.24. The minimum absolute atomic E-state index is 0.106. The molecule has 2 fully saturated rings. The Morgan fingerprint density at radius 2 is 1.77 bits per heavy atom. The molecule has 0 aliphatic carbocycles. The molecule has 1 aromatic carbocycles. The van der Waals surface area contributed by atoms with Crippen LogP contribution in [0.2, 0.25) is 0 Å². The van der Waals surface area contributed by atoms with Crippen molar-refractivity contribution in [1.82, 2.24) is 14.7 Å². The Labute approximate surface area is 186 Å². The van der Waals surface area contributed by atoms with Crippen LogP contribution in [0, 0.1) is 6.92 Å². The summed E-state index contributed by atoms with van der Waals surface area (Å²) in [7, 11) is 0. The predicted molar refractivity (Wildman–Crippen MR) is 122 cm³/mol. The van der Waals surface area contributed by atoms with Crippen LogP contribution >= 0.6 is 0 Å². The van der Waals surface area contributed by atoms with Crippen molar-refractivity contribution in [3.05, 3.63) is 29.3 Å². The summed E-state index contributed by atoms with van der Waals surface area (Å²) in [6, 6.07) is 6.26. The third-order valence-electron chi connectivity index (χ3n) is 6.13. The summed E-state index contributed by atoms with van der Waals surface area (Å²) in [6.07, 6.45) is -0.558. The van der Waals surface area contributed by atoms with Crippen molar-refractivity contribution in [3.8, 4) is 5.75 Å². The zero-order chi connectivity index (χ0) is 22.4. The van der Waals surface area contributed by atoms with E-state index in [2.05, 4.69) is 42.7 Å². The molecule has 0 spiro atoms. The van der Waals surface area contributed by atoms with Gasteiger partial charge >= 0.3 is 0 Å². The molecule has 7 nitrogen and oxygen atoms in total. The molecule has 0 unspecified atom stereocenters. The first-order valence-electron chi connectivity index (χ1n) is 11.4. The van der Waals surface area contributed by atoms with Crippen molar-refractivity contribution in [2.75, 3.05) is 72.2 Å². The zero-order valence-corrected chi connectivity index (χ0v) is 19.6. The van der Waals surface area contributed by atoms with Gasteiger partial charge in [-0.1, -0.05) is 32.9 Å². The molecule has 0 bridgehead atoms. The Kier molecular flexibility index (Phi) is 8.33. The Morgan fingerprint density at radius 1 is 1.10 bits per heavy atom. The Morgan fingerprint density at radius 3 is 2.39 bits per heavy atom. The molecule has 2 heterocycles. The fraction of sp³-hybridized carbons (Fsp3) is 0.708. The van der Waals surface area contributed by atoms with Gasteiger partial charge in [-0.25, -0.2) is 0 Å². The van der Waals surface area contributed by atoms with Gasteiger partial charge in [-0.2, -0.15) is 0 Å². The molecule has 7 heteroatoms. The number of hydrogen-bond donors (Lipinski definition) is 1. The first kappa shape index (κ1) is 24.0. The largest absolute Gasteiger partial charge is 0.491 e. The molecule has 2 saturated heterocycles. The lowest BCUT2D eigenvalue weighted by atomic mass is 9.86. The molecule has 31 heavy (non-hydrogen) atoms. The Hall–Kier alpha value is -1.67. The molecule has 1 atom stereocenters. The lowest BCUT2D eigenvalue weighted by Gasteiger charge is -2.37. The van der Waals surface area contributed by atoms with E-state index in [1.165, 1.54) is 5.56 Å². The van der Waals surface area contributed by atoms with Crippen LogP contribution in [-0.4, -0.2) is 104 Å². The number of amides is 1. The monoisotopic (exact) mass is 433 g/mol. The molecular weight excluding hydrogens is 394 g/mol. The number of aliphatic hydroxyl groups is 1. The van der Waals surface area contributed by atoms with Gasteiger partial charge in [0, 0.05) is 45.8 Å². The van der Waals surface area contributed by atoms with Crippen molar-refractivity contribution in [1.29, 1.82) is 0 Å². The average molecular weight is 434 g/mol. The van der Waals surface area contributed by atoms with Gasteiger partial charge in [-0.15, -0.1) is 0 Å². The van der Waals surface area contributed by atoms with E-state index in [0.717, 1.165) is 37.5 Å². The molecule has 3 rings (SSSR count). The number of rotatable bonds is 7. The van der Waals surface area contributed by atoms with Crippen LogP contribution in [-0.2, 0) is 14.9 Å². The fourth-order valence-corrected chi connectivity index (χ4v) is 4.04. The standard InChI is InChI=1S/C24H39N3O4/c1-19-15-20(24(2,3)4)5-6-22(19)31-18-21(28)16-25-7-9-27(10-8-25)23(29)17-26-11-13-30-14-12-26/h5-6,15,21,28H,7-14,16-18H2,1-4H3/t21-/m1/s1. The van der Waals surface area contributed by atoms with E-state index >= 15 is 0 Å². The SMILES string of the molecule is Cc1cc(C(C)(C)C)ccc1OC[C@H](O)CN1CCN(C(=O)CN2CCOCC2)CC1. The summed E-state index contributed by atoms with van der Waals surface area (Å²) in [5, 5.41) is 10.5. The first-order valence-corrected chi connectivity index (χ1v) is 11.4. The van der Waals surface area contributed by atoms with Crippen molar-refractivity contribution in [2.45, 2.75) is 39.2 Å². The van der Waals surface area contributed by atoms with Gasteiger partial charge in [0.25, 0.3) is 0 Å². The first-order chi connectivity index (χ1) is 14.7. The van der Waals surface area contributed by atoms with Crippen molar-refractivity contribution < 1.29 is 19.4 Å². The van der Waals surface area contributed by atoms with Crippen LogP contribution < -0.4 is 4.74 Å². The smallest absolute Gasteiger partial charge is 0.236 e. The van der Waals surface area contributed by atoms with E-state index < -0.39 is 6.10 Å². The minimum atomic E-state index is -0.558. The van der Waals surface area contributed by atoms with Crippen molar-refractivity contribution in [3.63, 3.8) is 0 Å². The molecule has 1 amide bonds. The predicted octanol–water partition coefficient (Wildman–Crippen LogP) is 1.51. The molecule has 1 aromatic rings. The molecule has 2 aliphatic rings. The van der Waals surface area contributed by atoms with Gasteiger partial charge in [-0.05, 0) is 29.5 Å². The summed E-state index contributed by atoms with van der Waals surface area (Å²) in [6.45, 7) is 16.0. The zero-order valence-electron chi connectivity index (χ0n) is 19.6. The van der Waals surface area contributed by atoms with Crippen LogP contribution in [0.5, 0.6) is 5.75 Å². The number of ether oxygens (including phenoxy) is 2. The van der Waals surface area contributed by atoms with E-state index in [0.29, 0.717) is 39.4 Å². The summed E-state index contributed by atoms with van der Waals surface area (Å²) >= 11 is 0. The fourth-order valence-electron chi connectivity index (χ4n) is 4.04. The average Bonchev–Trinajstić information content (AvgIpc) is 2.73. The number of aryl methyl sites for hydroxylation is 1. The second-order valence-electron chi connectivity index (χ2n) is 9.77. The second-order valence-corrected chi connectivity index (χ2v) is 9.77. The number of hydrogen-bond acceptors (Lipinski definition) is 6. The summed E-state index contributed by atoms with van der Waals surface area (Å²) in [5.74, 6) is 1.02. The number of carbonyl (C=O) groups excluding carboxylic acids is 1. The highest BCUT2D eigenvalue weighted by atomic mass is 16.5. The van der Waals surface area contributed by atoms with Crippen LogP contribution in [0.3, 0.4) is 0 Å².